The second-order valence-electron chi connectivity index (χ2n) is 5.65. The topological polar surface area (TPSA) is 93.4 Å². The standard InChI is InChI=1S/C14H17N3O4S/c1-17(11-4-6-22(19,20)7-5-11)14(18)9-10-2-3-12-13(8-10)16-21-15-12/h2-3,8,11H,4-7,9H2,1H3. The Morgan fingerprint density at radius 1 is 1.27 bits per heavy atom. The number of carbonyl (C=O) groups excluding carboxylic acids is 1. The van der Waals surface area contributed by atoms with Crippen molar-refractivity contribution in [1.82, 2.24) is 15.2 Å². The summed E-state index contributed by atoms with van der Waals surface area (Å²) < 4.78 is 27.5. The summed E-state index contributed by atoms with van der Waals surface area (Å²) in [4.78, 5) is 14.0. The predicted octanol–water partition coefficient (Wildman–Crippen LogP) is 0.801. The van der Waals surface area contributed by atoms with Gasteiger partial charge < -0.3 is 4.90 Å². The highest BCUT2D eigenvalue weighted by molar-refractivity contribution is 7.91. The molecular formula is C14H17N3O4S. The summed E-state index contributed by atoms with van der Waals surface area (Å²) in [5.41, 5.74) is 2.11. The Balaban J connectivity index is 1.65. The third-order valence-corrected chi connectivity index (χ3v) is 5.85. The van der Waals surface area contributed by atoms with Crippen molar-refractivity contribution in [1.29, 1.82) is 0 Å². The van der Waals surface area contributed by atoms with Crippen LogP contribution in [0.3, 0.4) is 0 Å². The van der Waals surface area contributed by atoms with E-state index in [9.17, 15) is 13.2 Å². The number of aromatic nitrogens is 2. The Morgan fingerprint density at radius 2 is 1.95 bits per heavy atom. The van der Waals surface area contributed by atoms with Gasteiger partial charge in [-0.3, -0.25) is 4.79 Å². The smallest absolute Gasteiger partial charge is 0.226 e. The quantitative estimate of drug-likeness (QED) is 0.829. The zero-order valence-electron chi connectivity index (χ0n) is 12.2. The van der Waals surface area contributed by atoms with E-state index in [2.05, 4.69) is 14.9 Å². The summed E-state index contributed by atoms with van der Waals surface area (Å²) in [6.45, 7) is 0. The number of benzene rings is 1. The molecule has 2 aromatic rings. The first kappa shape index (κ1) is 15.0. The maximum atomic E-state index is 12.4. The zero-order valence-corrected chi connectivity index (χ0v) is 13.0. The largest absolute Gasteiger partial charge is 0.342 e. The molecule has 1 amide bonds. The van der Waals surface area contributed by atoms with Crippen LogP contribution in [0.1, 0.15) is 18.4 Å². The second-order valence-corrected chi connectivity index (χ2v) is 7.96. The van der Waals surface area contributed by atoms with Crippen molar-refractivity contribution < 1.29 is 17.8 Å². The van der Waals surface area contributed by atoms with Gasteiger partial charge in [-0.05, 0) is 40.9 Å². The monoisotopic (exact) mass is 323 g/mol. The molecule has 0 N–H and O–H groups in total. The number of hydrogen-bond acceptors (Lipinski definition) is 6. The molecule has 0 atom stereocenters. The lowest BCUT2D eigenvalue weighted by atomic mass is 10.1. The summed E-state index contributed by atoms with van der Waals surface area (Å²) in [5.74, 6) is 0.289. The fourth-order valence-corrected chi connectivity index (χ4v) is 4.17. The van der Waals surface area contributed by atoms with Crippen LogP contribution in [0, 0.1) is 0 Å². The maximum absolute atomic E-state index is 12.4. The van der Waals surface area contributed by atoms with Crippen LogP contribution in [-0.4, -0.2) is 54.1 Å². The molecule has 0 radical (unpaired) electrons. The molecule has 1 saturated heterocycles. The number of likely N-dealkylation sites (N-methyl/N-ethyl adjacent to an activating group) is 1. The van der Waals surface area contributed by atoms with E-state index in [-0.39, 0.29) is 29.9 Å². The van der Waals surface area contributed by atoms with E-state index in [1.807, 2.05) is 6.07 Å². The molecule has 2 heterocycles. The van der Waals surface area contributed by atoms with Crippen LogP contribution in [0.2, 0.25) is 0 Å². The molecule has 8 heteroatoms. The van der Waals surface area contributed by atoms with Gasteiger partial charge in [0.1, 0.15) is 20.9 Å². The van der Waals surface area contributed by atoms with Crippen molar-refractivity contribution in [2.75, 3.05) is 18.6 Å². The van der Waals surface area contributed by atoms with Crippen LogP contribution in [0.15, 0.2) is 22.8 Å². The Kier molecular flexibility index (Phi) is 3.86. The lowest BCUT2D eigenvalue weighted by Crippen LogP contribution is -2.42. The van der Waals surface area contributed by atoms with Crippen LogP contribution in [-0.2, 0) is 21.1 Å². The fourth-order valence-electron chi connectivity index (χ4n) is 2.71. The first-order valence-electron chi connectivity index (χ1n) is 7.12. The van der Waals surface area contributed by atoms with E-state index in [1.165, 1.54) is 0 Å². The molecule has 0 aliphatic carbocycles. The zero-order chi connectivity index (χ0) is 15.7. The van der Waals surface area contributed by atoms with Gasteiger partial charge in [0.05, 0.1) is 17.9 Å². The minimum Gasteiger partial charge on any atom is -0.342 e. The highest BCUT2D eigenvalue weighted by atomic mass is 32.2. The molecule has 1 aromatic carbocycles. The van der Waals surface area contributed by atoms with Crippen molar-refractivity contribution in [2.45, 2.75) is 25.3 Å². The van der Waals surface area contributed by atoms with Gasteiger partial charge in [0.2, 0.25) is 5.91 Å². The SMILES string of the molecule is CN(C(=O)Cc1ccc2nonc2c1)C1CCS(=O)(=O)CC1. The van der Waals surface area contributed by atoms with Crippen molar-refractivity contribution in [3.63, 3.8) is 0 Å². The maximum Gasteiger partial charge on any atom is 0.226 e. The second kappa shape index (κ2) is 5.68. The van der Waals surface area contributed by atoms with Gasteiger partial charge in [-0.2, -0.15) is 0 Å². The molecule has 1 fully saturated rings. The first-order chi connectivity index (χ1) is 10.4. The number of hydrogen-bond donors (Lipinski definition) is 0. The van der Waals surface area contributed by atoms with E-state index in [0.29, 0.717) is 23.9 Å². The van der Waals surface area contributed by atoms with E-state index >= 15 is 0 Å². The Labute approximate surface area is 128 Å². The highest BCUT2D eigenvalue weighted by Crippen LogP contribution is 2.19. The van der Waals surface area contributed by atoms with Gasteiger partial charge in [-0.1, -0.05) is 6.07 Å². The molecule has 7 nitrogen and oxygen atoms in total. The number of rotatable bonds is 3. The summed E-state index contributed by atoms with van der Waals surface area (Å²) in [6.07, 6.45) is 1.27. The Morgan fingerprint density at radius 3 is 2.68 bits per heavy atom. The van der Waals surface area contributed by atoms with E-state index in [0.717, 1.165) is 5.56 Å². The van der Waals surface area contributed by atoms with Gasteiger partial charge in [0.25, 0.3) is 0 Å². The first-order valence-corrected chi connectivity index (χ1v) is 8.94. The third-order valence-electron chi connectivity index (χ3n) is 4.14. The van der Waals surface area contributed by atoms with Crippen molar-refractivity contribution in [3.8, 4) is 0 Å². The number of sulfone groups is 1. The molecule has 1 aromatic heterocycles. The minimum absolute atomic E-state index is 0.00604. The molecule has 118 valence electrons. The van der Waals surface area contributed by atoms with Crippen LogP contribution < -0.4 is 0 Å². The van der Waals surface area contributed by atoms with Crippen molar-refractivity contribution in [3.05, 3.63) is 23.8 Å². The summed E-state index contributed by atoms with van der Waals surface area (Å²) in [7, 11) is -1.18. The van der Waals surface area contributed by atoms with Crippen molar-refractivity contribution in [2.24, 2.45) is 0 Å². The molecule has 0 saturated carbocycles. The number of nitrogens with zero attached hydrogens (tertiary/aromatic N) is 3. The average Bonchev–Trinajstić information content (AvgIpc) is 2.94. The summed E-state index contributed by atoms with van der Waals surface area (Å²) >= 11 is 0. The van der Waals surface area contributed by atoms with Gasteiger partial charge in [0.15, 0.2) is 0 Å². The van der Waals surface area contributed by atoms with Crippen LogP contribution >= 0.6 is 0 Å². The lowest BCUT2D eigenvalue weighted by molar-refractivity contribution is -0.131. The average molecular weight is 323 g/mol. The molecule has 0 unspecified atom stereocenters. The third kappa shape index (κ3) is 3.11. The van der Waals surface area contributed by atoms with Crippen LogP contribution in [0.25, 0.3) is 11.0 Å². The Hall–Kier alpha value is -1.96. The molecule has 3 rings (SSSR count). The van der Waals surface area contributed by atoms with Gasteiger partial charge in [-0.15, -0.1) is 0 Å². The van der Waals surface area contributed by atoms with Crippen LogP contribution in [0.4, 0.5) is 0 Å². The number of amides is 1. The molecule has 1 aliphatic rings. The minimum atomic E-state index is -2.92. The van der Waals surface area contributed by atoms with Crippen molar-refractivity contribution >= 4 is 26.8 Å². The predicted molar refractivity (Wildman–Crippen MR) is 80.0 cm³/mol. The van der Waals surface area contributed by atoms with E-state index in [4.69, 9.17) is 0 Å². The highest BCUT2D eigenvalue weighted by Gasteiger charge is 2.28. The van der Waals surface area contributed by atoms with E-state index in [1.54, 1.807) is 24.1 Å². The number of carbonyl (C=O) groups is 1. The lowest BCUT2D eigenvalue weighted by Gasteiger charge is -2.31. The molecule has 0 bridgehead atoms. The van der Waals surface area contributed by atoms with Crippen LogP contribution in [0.5, 0.6) is 0 Å². The summed E-state index contributed by atoms with van der Waals surface area (Å²) in [5, 5.41) is 7.48. The number of fused-ring (bicyclic) bond motifs is 1. The molecule has 22 heavy (non-hydrogen) atoms. The van der Waals surface area contributed by atoms with Gasteiger partial charge in [-0.25, -0.2) is 13.0 Å². The summed E-state index contributed by atoms with van der Waals surface area (Å²) in [6, 6.07) is 5.36. The molecule has 1 aliphatic heterocycles. The Bertz CT molecular complexity index is 785. The van der Waals surface area contributed by atoms with E-state index < -0.39 is 9.84 Å². The normalized spacial score (nSPS) is 18.4. The molecular weight excluding hydrogens is 306 g/mol. The van der Waals surface area contributed by atoms with Gasteiger partial charge in [0, 0.05) is 13.1 Å². The molecule has 0 spiro atoms. The van der Waals surface area contributed by atoms with Gasteiger partial charge >= 0.3 is 0 Å². The fraction of sp³-hybridized carbons (Fsp3) is 0.500.